The molecule has 5 heteroatoms. The number of nitrogens with zero attached hydrogens (tertiary/aromatic N) is 3. The standard InChI is InChI=1S/C18H20N4O/c1-17(2)18(22-16(19)23-17)7-6-12-4-3-5-14(15(12)8-18)13-9-20-11-21-10-13/h3-5,9-11H,6-8H2,1-2H3,(H2,19,22)/t18-/m1/s1. The molecule has 23 heavy (non-hydrogen) atoms. The lowest BCUT2D eigenvalue weighted by Crippen LogP contribution is -2.50. The highest BCUT2D eigenvalue weighted by molar-refractivity contribution is 5.76. The Hall–Kier alpha value is -2.43. The Labute approximate surface area is 135 Å². The lowest BCUT2D eigenvalue weighted by Gasteiger charge is -2.41. The highest BCUT2D eigenvalue weighted by Crippen LogP contribution is 2.46. The zero-order valence-electron chi connectivity index (χ0n) is 13.4. The van der Waals surface area contributed by atoms with E-state index in [1.165, 1.54) is 16.7 Å². The van der Waals surface area contributed by atoms with E-state index in [1.54, 1.807) is 6.33 Å². The fourth-order valence-electron chi connectivity index (χ4n) is 3.84. The van der Waals surface area contributed by atoms with Gasteiger partial charge in [0.25, 0.3) is 6.02 Å². The normalized spacial score (nSPS) is 24.9. The Morgan fingerprint density at radius 1 is 1.17 bits per heavy atom. The number of ether oxygens (including phenoxy) is 1. The Bertz CT molecular complexity index is 785. The molecule has 0 radical (unpaired) electrons. The molecule has 1 aliphatic carbocycles. The fraction of sp³-hybridized carbons (Fsp3) is 0.389. The monoisotopic (exact) mass is 308 g/mol. The average Bonchev–Trinajstić information content (AvgIpc) is 2.75. The van der Waals surface area contributed by atoms with Crippen LogP contribution in [-0.4, -0.2) is 27.1 Å². The number of aryl methyl sites for hydroxylation is 1. The molecular weight excluding hydrogens is 288 g/mol. The van der Waals surface area contributed by atoms with Crippen LogP contribution in [0, 0.1) is 0 Å². The van der Waals surface area contributed by atoms with Crippen molar-refractivity contribution in [3.63, 3.8) is 0 Å². The number of nitrogens with two attached hydrogens (primary N) is 1. The van der Waals surface area contributed by atoms with Gasteiger partial charge in [0.05, 0.1) is 0 Å². The first-order chi connectivity index (χ1) is 11.0. The van der Waals surface area contributed by atoms with Gasteiger partial charge in [-0.1, -0.05) is 18.2 Å². The van der Waals surface area contributed by atoms with Crippen molar-refractivity contribution in [3.05, 3.63) is 48.0 Å². The number of benzene rings is 1. The molecule has 0 unspecified atom stereocenters. The summed E-state index contributed by atoms with van der Waals surface area (Å²) in [5.74, 6) is 0. The second kappa shape index (κ2) is 4.78. The Morgan fingerprint density at radius 3 is 2.65 bits per heavy atom. The molecule has 2 heterocycles. The molecule has 0 amide bonds. The second-order valence-electron chi connectivity index (χ2n) is 6.84. The Balaban J connectivity index is 1.84. The van der Waals surface area contributed by atoms with Gasteiger partial charge in [0.1, 0.15) is 17.5 Å². The summed E-state index contributed by atoms with van der Waals surface area (Å²) in [5, 5.41) is 0. The highest BCUT2D eigenvalue weighted by atomic mass is 16.5. The number of rotatable bonds is 1. The van der Waals surface area contributed by atoms with Crippen LogP contribution in [0.3, 0.4) is 0 Å². The maximum absolute atomic E-state index is 5.89. The van der Waals surface area contributed by atoms with E-state index in [4.69, 9.17) is 15.5 Å². The summed E-state index contributed by atoms with van der Waals surface area (Å²) in [7, 11) is 0. The lowest BCUT2D eigenvalue weighted by molar-refractivity contribution is 0.0358. The van der Waals surface area contributed by atoms with Crippen molar-refractivity contribution in [2.45, 2.75) is 44.2 Å². The average molecular weight is 308 g/mol. The van der Waals surface area contributed by atoms with E-state index in [1.807, 2.05) is 12.4 Å². The molecule has 1 aliphatic heterocycles. The molecule has 2 aromatic rings. The molecule has 0 fully saturated rings. The number of hydrogen-bond acceptors (Lipinski definition) is 5. The second-order valence-corrected chi connectivity index (χ2v) is 6.84. The third kappa shape index (κ3) is 2.11. The highest BCUT2D eigenvalue weighted by Gasteiger charge is 2.53. The molecule has 118 valence electrons. The largest absolute Gasteiger partial charge is 0.457 e. The minimum atomic E-state index is -0.394. The van der Waals surface area contributed by atoms with E-state index in [0.29, 0.717) is 6.02 Å². The topological polar surface area (TPSA) is 73.4 Å². The number of hydrogen-bond donors (Lipinski definition) is 1. The first-order valence-corrected chi connectivity index (χ1v) is 7.91. The van der Waals surface area contributed by atoms with Crippen molar-refractivity contribution in [3.8, 4) is 11.1 Å². The van der Waals surface area contributed by atoms with E-state index in [9.17, 15) is 0 Å². The van der Waals surface area contributed by atoms with Gasteiger partial charge in [-0.2, -0.15) is 0 Å². The predicted molar refractivity (Wildman–Crippen MR) is 89.0 cm³/mol. The van der Waals surface area contributed by atoms with Gasteiger partial charge in [-0.25, -0.2) is 15.0 Å². The molecule has 0 saturated heterocycles. The van der Waals surface area contributed by atoms with Crippen molar-refractivity contribution in [2.24, 2.45) is 10.7 Å². The fourth-order valence-corrected chi connectivity index (χ4v) is 3.84. The van der Waals surface area contributed by atoms with Crippen LogP contribution in [0.15, 0.2) is 41.9 Å². The Kier molecular flexibility index (Phi) is 2.95. The van der Waals surface area contributed by atoms with Crippen molar-refractivity contribution in [2.75, 3.05) is 0 Å². The van der Waals surface area contributed by atoms with E-state index in [-0.39, 0.29) is 5.54 Å². The molecule has 2 N–H and O–H groups in total. The number of aliphatic imine (C=N–C) groups is 1. The van der Waals surface area contributed by atoms with Crippen molar-refractivity contribution in [1.82, 2.24) is 9.97 Å². The van der Waals surface area contributed by atoms with Crippen molar-refractivity contribution < 1.29 is 4.74 Å². The maximum atomic E-state index is 5.89. The third-order valence-electron chi connectivity index (χ3n) is 5.23. The van der Waals surface area contributed by atoms with Gasteiger partial charge in [-0.3, -0.25) is 0 Å². The van der Waals surface area contributed by atoms with Crippen LogP contribution in [0.2, 0.25) is 0 Å². The van der Waals surface area contributed by atoms with Gasteiger partial charge in [0, 0.05) is 24.4 Å². The zero-order chi connectivity index (χ0) is 16.1. The smallest absolute Gasteiger partial charge is 0.283 e. The van der Waals surface area contributed by atoms with Gasteiger partial charge in [-0.15, -0.1) is 0 Å². The maximum Gasteiger partial charge on any atom is 0.283 e. The van der Waals surface area contributed by atoms with Gasteiger partial charge >= 0.3 is 0 Å². The van der Waals surface area contributed by atoms with Crippen LogP contribution >= 0.6 is 0 Å². The summed E-state index contributed by atoms with van der Waals surface area (Å²) in [5.41, 5.74) is 10.1. The van der Waals surface area contributed by atoms with Crippen LogP contribution < -0.4 is 5.73 Å². The minimum Gasteiger partial charge on any atom is -0.457 e. The van der Waals surface area contributed by atoms with Crippen LogP contribution in [-0.2, 0) is 17.6 Å². The minimum absolute atomic E-state index is 0.296. The molecule has 0 bridgehead atoms. The summed E-state index contributed by atoms with van der Waals surface area (Å²) < 4.78 is 5.81. The zero-order valence-corrected chi connectivity index (χ0v) is 13.4. The SMILES string of the molecule is CC1(C)OC(N)=N[C@@]12CCc1cccc(-c3cncnc3)c1C2. The molecule has 1 spiro atoms. The summed E-state index contributed by atoms with van der Waals surface area (Å²) in [6.07, 6.45) is 8.01. The molecule has 0 saturated carbocycles. The molecule has 1 atom stereocenters. The number of aromatic nitrogens is 2. The summed E-state index contributed by atoms with van der Waals surface area (Å²) >= 11 is 0. The van der Waals surface area contributed by atoms with Gasteiger partial charge in [-0.05, 0) is 43.4 Å². The van der Waals surface area contributed by atoms with E-state index in [2.05, 4.69) is 42.0 Å². The molecule has 1 aromatic heterocycles. The molecular formula is C18H20N4O. The van der Waals surface area contributed by atoms with Gasteiger partial charge in [0.15, 0.2) is 0 Å². The number of amidine groups is 1. The first kappa shape index (κ1) is 14.2. The van der Waals surface area contributed by atoms with Crippen LogP contribution in [0.4, 0.5) is 0 Å². The van der Waals surface area contributed by atoms with E-state index in [0.717, 1.165) is 24.8 Å². The molecule has 1 aromatic carbocycles. The summed E-state index contributed by atoms with van der Waals surface area (Å²) in [4.78, 5) is 13.0. The predicted octanol–water partition coefficient (Wildman–Crippen LogP) is 2.49. The van der Waals surface area contributed by atoms with Crippen LogP contribution in [0.5, 0.6) is 0 Å². The lowest BCUT2D eigenvalue weighted by atomic mass is 9.69. The first-order valence-electron chi connectivity index (χ1n) is 7.91. The third-order valence-corrected chi connectivity index (χ3v) is 5.23. The Morgan fingerprint density at radius 2 is 1.96 bits per heavy atom. The van der Waals surface area contributed by atoms with E-state index < -0.39 is 5.60 Å². The van der Waals surface area contributed by atoms with Gasteiger partial charge in [0.2, 0.25) is 0 Å². The van der Waals surface area contributed by atoms with E-state index >= 15 is 0 Å². The quantitative estimate of drug-likeness (QED) is 0.878. The molecule has 5 nitrogen and oxygen atoms in total. The molecule has 2 aliphatic rings. The van der Waals surface area contributed by atoms with Crippen molar-refractivity contribution >= 4 is 6.02 Å². The van der Waals surface area contributed by atoms with Gasteiger partial charge < -0.3 is 10.5 Å². The van der Waals surface area contributed by atoms with Crippen LogP contribution in [0.25, 0.3) is 11.1 Å². The van der Waals surface area contributed by atoms with Crippen LogP contribution in [0.1, 0.15) is 31.4 Å². The summed E-state index contributed by atoms with van der Waals surface area (Å²) in [6.45, 7) is 4.16. The number of fused-ring (bicyclic) bond motifs is 1. The summed E-state index contributed by atoms with van der Waals surface area (Å²) in [6, 6.07) is 6.74. The van der Waals surface area contributed by atoms with Crippen molar-refractivity contribution in [1.29, 1.82) is 0 Å². The molecule has 4 rings (SSSR count).